The van der Waals surface area contributed by atoms with E-state index in [2.05, 4.69) is 17.7 Å². The second kappa shape index (κ2) is 3.83. The summed E-state index contributed by atoms with van der Waals surface area (Å²) < 4.78 is 0. The third kappa shape index (κ3) is 2.04. The van der Waals surface area contributed by atoms with E-state index in [1.807, 2.05) is 5.43 Å². The topological polar surface area (TPSA) is 54.7 Å². The van der Waals surface area contributed by atoms with Gasteiger partial charge in [0.2, 0.25) is 5.82 Å². The van der Waals surface area contributed by atoms with Crippen molar-refractivity contribution in [3.05, 3.63) is 23.7 Å². The fraction of sp³-hybridized carbons (Fsp3) is 0.600. The van der Waals surface area contributed by atoms with E-state index in [1.165, 1.54) is 37.7 Å². The van der Waals surface area contributed by atoms with Crippen molar-refractivity contribution in [2.75, 3.05) is 0 Å². The second-order valence-corrected chi connectivity index (χ2v) is 3.93. The van der Waals surface area contributed by atoms with E-state index in [1.54, 1.807) is 0 Å². The zero-order chi connectivity index (χ0) is 9.10. The summed E-state index contributed by atoms with van der Waals surface area (Å²) in [6.07, 6.45) is 11.0. The molecule has 0 spiro atoms. The number of allylic oxidation sites excluding steroid dienone is 2. The van der Waals surface area contributed by atoms with Gasteiger partial charge in [-0.25, -0.2) is 10.9 Å². The van der Waals surface area contributed by atoms with Gasteiger partial charge in [0, 0.05) is 6.08 Å². The lowest BCUT2D eigenvalue weighted by molar-refractivity contribution is -0.659. The number of quaternary nitrogens is 1. The van der Waals surface area contributed by atoms with Gasteiger partial charge in [-0.3, -0.25) is 0 Å². The minimum Gasteiger partial charge on any atom is -0.353 e. The molecule has 0 aromatic rings. The number of nitrogens with two attached hydrogens (primary N) is 2. The molecule has 1 saturated carbocycles. The Hall–Kier alpha value is -0.960. The van der Waals surface area contributed by atoms with Crippen molar-refractivity contribution in [1.82, 2.24) is 5.43 Å². The third-order valence-corrected chi connectivity index (χ3v) is 2.91. The van der Waals surface area contributed by atoms with E-state index in [4.69, 9.17) is 5.73 Å². The van der Waals surface area contributed by atoms with Crippen LogP contribution in [0, 0.1) is 5.92 Å². The van der Waals surface area contributed by atoms with Crippen molar-refractivity contribution in [3.63, 3.8) is 0 Å². The van der Waals surface area contributed by atoms with Crippen LogP contribution in [0.5, 0.6) is 0 Å². The highest BCUT2D eigenvalue weighted by molar-refractivity contribution is 5.23. The van der Waals surface area contributed by atoms with Gasteiger partial charge < -0.3 is 5.73 Å². The molecule has 13 heavy (non-hydrogen) atoms. The van der Waals surface area contributed by atoms with Crippen LogP contribution in [0.2, 0.25) is 0 Å². The highest BCUT2D eigenvalue weighted by atomic mass is 15.4. The van der Waals surface area contributed by atoms with Gasteiger partial charge in [-0.05, 0) is 24.3 Å². The number of rotatable bonds is 1. The number of nitrogens with one attached hydrogen (secondary N) is 1. The van der Waals surface area contributed by atoms with Crippen LogP contribution < -0.4 is 16.6 Å². The third-order valence-electron chi connectivity index (χ3n) is 2.91. The van der Waals surface area contributed by atoms with Crippen LogP contribution in [0.1, 0.15) is 32.1 Å². The maximum Gasteiger partial charge on any atom is 0.220 e. The van der Waals surface area contributed by atoms with Crippen LogP contribution in [0.4, 0.5) is 0 Å². The van der Waals surface area contributed by atoms with Gasteiger partial charge in [0.1, 0.15) is 0 Å². The first-order valence-corrected chi connectivity index (χ1v) is 5.13. The van der Waals surface area contributed by atoms with Gasteiger partial charge in [-0.2, -0.15) is 0 Å². The molecule has 1 heterocycles. The van der Waals surface area contributed by atoms with E-state index in [-0.39, 0.29) is 0 Å². The fourth-order valence-corrected chi connectivity index (χ4v) is 2.18. The second-order valence-electron chi connectivity index (χ2n) is 3.93. The van der Waals surface area contributed by atoms with Crippen LogP contribution in [0.3, 0.4) is 0 Å². The molecule has 0 saturated heterocycles. The van der Waals surface area contributed by atoms with Gasteiger partial charge in [0.15, 0.2) is 0 Å². The summed E-state index contributed by atoms with van der Waals surface area (Å²) >= 11 is 0. The van der Waals surface area contributed by atoms with E-state index in [0.29, 0.717) is 0 Å². The van der Waals surface area contributed by atoms with Crippen LogP contribution in [0.25, 0.3) is 0 Å². The van der Waals surface area contributed by atoms with Crippen molar-refractivity contribution in [1.29, 1.82) is 0 Å². The van der Waals surface area contributed by atoms with Crippen molar-refractivity contribution in [2.45, 2.75) is 32.1 Å². The molecule has 2 aliphatic rings. The zero-order valence-corrected chi connectivity index (χ0v) is 7.92. The Morgan fingerprint density at radius 1 is 1.31 bits per heavy atom. The molecule has 3 heteroatoms. The summed E-state index contributed by atoms with van der Waals surface area (Å²) in [5, 5.41) is 0. The predicted molar refractivity (Wildman–Crippen MR) is 52.0 cm³/mol. The van der Waals surface area contributed by atoms with Crippen molar-refractivity contribution >= 4 is 0 Å². The Bertz CT molecular complexity index is 237. The number of hydrogen-bond donors (Lipinski definition) is 3. The molecule has 1 aliphatic carbocycles. The first kappa shape index (κ1) is 8.63. The van der Waals surface area contributed by atoms with Crippen LogP contribution >= 0.6 is 0 Å². The fourth-order valence-electron chi connectivity index (χ4n) is 2.18. The summed E-state index contributed by atoms with van der Waals surface area (Å²) in [6, 6.07) is 0. The summed E-state index contributed by atoms with van der Waals surface area (Å²) in [4.78, 5) is 0. The SMILES string of the molecule is NC1=CC(C2CCCCC2)=CN[NH2+]1. The lowest BCUT2D eigenvalue weighted by atomic mass is 9.84. The van der Waals surface area contributed by atoms with Gasteiger partial charge >= 0.3 is 0 Å². The lowest BCUT2D eigenvalue weighted by Crippen LogP contribution is -2.92. The van der Waals surface area contributed by atoms with E-state index < -0.39 is 0 Å². The first-order chi connectivity index (χ1) is 6.36. The van der Waals surface area contributed by atoms with E-state index in [9.17, 15) is 0 Å². The van der Waals surface area contributed by atoms with Crippen molar-refractivity contribution in [2.24, 2.45) is 11.7 Å². The smallest absolute Gasteiger partial charge is 0.220 e. The minimum absolute atomic E-state index is 0.744. The molecule has 2 rings (SSSR count). The standard InChI is InChI=1S/C10H17N3/c11-10-6-9(7-12-13-10)8-4-2-1-3-5-8/h6-8,12-13H,1-5,11H2/p+1. The Kier molecular flexibility index (Phi) is 2.54. The summed E-state index contributed by atoms with van der Waals surface area (Å²) in [6.45, 7) is 0. The molecule has 0 atom stereocenters. The highest BCUT2D eigenvalue weighted by Gasteiger charge is 2.19. The van der Waals surface area contributed by atoms with E-state index in [0.717, 1.165) is 11.7 Å². The van der Waals surface area contributed by atoms with E-state index >= 15 is 0 Å². The molecule has 1 fully saturated rings. The summed E-state index contributed by atoms with van der Waals surface area (Å²) in [5.41, 5.74) is 12.1. The maximum atomic E-state index is 5.73. The predicted octanol–water partition coefficient (Wildman–Crippen LogP) is 0.332. The molecule has 0 radical (unpaired) electrons. The van der Waals surface area contributed by atoms with Gasteiger partial charge in [-0.15, -0.1) is 0 Å². The first-order valence-electron chi connectivity index (χ1n) is 5.13. The Labute approximate surface area is 79.0 Å². The summed E-state index contributed by atoms with van der Waals surface area (Å²) in [7, 11) is 0. The maximum absolute atomic E-state index is 5.73. The molecule has 0 aromatic carbocycles. The quantitative estimate of drug-likeness (QED) is 0.509. The Balaban J connectivity index is 2.02. The Morgan fingerprint density at radius 3 is 2.77 bits per heavy atom. The molecule has 0 aromatic heterocycles. The molecule has 3 nitrogen and oxygen atoms in total. The molecule has 0 amide bonds. The minimum atomic E-state index is 0.744. The molecule has 0 unspecified atom stereocenters. The van der Waals surface area contributed by atoms with Gasteiger partial charge in [0.05, 0.1) is 6.20 Å². The summed E-state index contributed by atoms with van der Waals surface area (Å²) in [5.74, 6) is 1.59. The van der Waals surface area contributed by atoms with Crippen molar-refractivity contribution < 1.29 is 5.43 Å². The van der Waals surface area contributed by atoms with Crippen LogP contribution in [-0.4, -0.2) is 0 Å². The molecule has 1 aliphatic heterocycles. The average Bonchev–Trinajstić information content (AvgIpc) is 2.19. The van der Waals surface area contributed by atoms with Gasteiger partial charge in [0.25, 0.3) is 0 Å². The lowest BCUT2D eigenvalue weighted by Gasteiger charge is -2.23. The zero-order valence-electron chi connectivity index (χ0n) is 7.92. The molecular weight excluding hydrogens is 162 g/mol. The normalized spacial score (nSPS) is 24.6. The molecule has 5 N–H and O–H groups in total. The molecule has 0 bridgehead atoms. The number of hydrogen-bond acceptors (Lipinski definition) is 2. The van der Waals surface area contributed by atoms with Gasteiger partial charge in [-0.1, -0.05) is 19.3 Å². The monoisotopic (exact) mass is 180 g/mol. The highest BCUT2D eigenvalue weighted by Crippen LogP contribution is 2.30. The molecular formula is C10H18N3+. The molecule has 72 valence electrons. The Morgan fingerprint density at radius 2 is 2.08 bits per heavy atom. The largest absolute Gasteiger partial charge is 0.353 e. The van der Waals surface area contributed by atoms with Crippen LogP contribution in [-0.2, 0) is 0 Å². The van der Waals surface area contributed by atoms with Crippen LogP contribution in [0.15, 0.2) is 23.7 Å². The van der Waals surface area contributed by atoms with Crippen molar-refractivity contribution in [3.8, 4) is 0 Å². The average molecular weight is 180 g/mol.